The van der Waals surface area contributed by atoms with Gasteiger partial charge in [0.2, 0.25) is 0 Å². The fourth-order valence-corrected chi connectivity index (χ4v) is 4.10. The van der Waals surface area contributed by atoms with Crippen LogP contribution in [-0.4, -0.2) is 63.4 Å². The Bertz CT molecular complexity index is 834. The first-order chi connectivity index (χ1) is 15.1. The van der Waals surface area contributed by atoms with Gasteiger partial charge in [0.1, 0.15) is 5.69 Å². The quantitative estimate of drug-likeness (QED) is 0.285. The minimum absolute atomic E-state index is 0.0606. The molecular formula is C23H32N4O4. The van der Waals surface area contributed by atoms with Crippen molar-refractivity contribution in [3.8, 4) is 11.3 Å². The molecule has 1 aromatic heterocycles. The summed E-state index contributed by atoms with van der Waals surface area (Å²) in [7, 11) is 0. The third-order valence-electron chi connectivity index (χ3n) is 5.86. The van der Waals surface area contributed by atoms with E-state index in [0.717, 1.165) is 50.8 Å². The Kier molecular flexibility index (Phi) is 8.75. The zero-order chi connectivity index (χ0) is 22.1. The molecule has 1 aromatic carbocycles. The zero-order valence-electron chi connectivity index (χ0n) is 17.8. The second-order valence-corrected chi connectivity index (χ2v) is 8.10. The van der Waals surface area contributed by atoms with Crippen LogP contribution in [0, 0.1) is 10.1 Å². The Balaban J connectivity index is 1.41. The minimum Gasteiger partial charge on any atom is -0.395 e. The molecule has 8 heteroatoms. The van der Waals surface area contributed by atoms with E-state index in [2.05, 4.69) is 15.2 Å². The average Bonchev–Trinajstić information content (AvgIpc) is 2.79. The van der Waals surface area contributed by atoms with Crippen LogP contribution in [-0.2, 0) is 0 Å². The minimum atomic E-state index is -0.359. The topological polar surface area (TPSA) is 112 Å². The van der Waals surface area contributed by atoms with Gasteiger partial charge in [0.15, 0.2) is 0 Å². The molecule has 0 saturated carbocycles. The number of nitro groups is 1. The standard InChI is InChI=1S/C23H32N4O4/c28-17-19-16-20(29)10-14-26(19)13-6-2-1-4-11-25-22-9-8-18(15-23(22)27(30)31)21-7-3-5-12-24-21/h3,5,7-9,12,15,19-20,25,28-29H,1-2,4,6,10-11,13-14,16-17H2. The van der Waals surface area contributed by atoms with Gasteiger partial charge in [-0.2, -0.15) is 0 Å². The normalized spacial score (nSPS) is 19.3. The smallest absolute Gasteiger partial charge is 0.292 e. The van der Waals surface area contributed by atoms with Crippen molar-refractivity contribution in [3.63, 3.8) is 0 Å². The first-order valence-electron chi connectivity index (χ1n) is 11.0. The molecule has 3 N–H and O–H groups in total. The van der Waals surface area contributed by atoms with Crippen molar-refractivity contribution in [1.82, 2.24) is 9.88 Å². The lowest BCUT2D eigenvalue weighted by Gasteiger charge is -2.36. The van der Waals surface area contributed by atoms with Gasteiger partial charge < -0.3 is 15.5 Å². The molecule has 2 unspecified atom stereocenters. The molecule has 0 spiro atoms. The van der Waals surface area contributed by atoms with Crippen molar-refractivity contribution in [3.05, 3.63) is 52.7 Å². The lowest BCUT2D eigenvalue weighted by atomic mass is 9.99. The average molecular weight is 429 g/mol. The highest BCUT2D eigenvalue weighted by Gasteiger charge is 2.26. The zero-order valence-corrected chi connectivity index (χ0v) is 17.8. The maximum Gasteiger partial charge on any atom is 0.292 e. The van der Waals surface area contributed by atoms with E-state index >= 15 is 0 Å². The highest BCUT2D eigenvalue weighted by atomic mass is 16.6. The first-order valence-corrected chi connectivity index (χ1v) is 11.0. The van der Waals surface area contributed by atoms with Crippen molar-refractivity contribution in [1.29, 1.82) is 0 Å². The summed E-state index contributed by atoms with van der Waals surface area (Å²) in [5.74, 6) is 0. The van der Waals surface area contributed by atoms with Crippen LogP contribution in [0.5, 0.6) is 0 Å². The van der Waals surface area contributed by atoms with Gasteiger partial charge in [-0.3, -0.25) is 20.0 Å². The van der Waals surface area contributed by atoms with E-state index in [-0.39, 0.29) is 29.4 Å². The number of hydrogen-bond donors (Lipinski definition) is 3. The molecule has 2 heterocycles. The third-order valence-corrected chi connectivity index (χ3v) is 5.86. The number of anilines is 1. The molecule has 1 aliphatic rings. The van der Waals surface area contributed by atoms with E-state index in [4.69, 9.17) is 0 Å². The number of nitrogens with one attached hydrogen (secondary N) is 1. The number of likely N-dealkylation sites (tertiary alicyclic amines) is 1. The third kappa shape index (κ3) is 6.72. The molecule has 31 heavy (non-hydrogen) atoms. The van der Waals surface area contributed by atoms with E-state index in [1.807, 2.05) is 24.3 Å². The van der Waals surface area contributed by atoms with Gasteiger partial charge in [0.05, 0.1) is 23.3 Å². The van der Waals surface area contributed by atoms with Gasteiger partial charge in [0.25, 0.3) is 5.69 Å². The number of aromatic nitrogens is 1. The predicted molar refractivity (Wildman–Crippen MR) is 121 cm³/mol. The number of aliphatic hydroxyl groups excluding tert-OH is 2. The van der Waals surface area contributed by atoms with Gasteiger partial charge in [-0.15, -0.1) is 0 Å². The van der Waals surface area contributed by atoms with Crippen molar-refractivity contribution >= 4 is 11.4 Å². The van der Waals surface area contributed by atoms with Crippen molar-refractivity contribution < 1.29 is 15.1 Å². The molecule has 2 atom stereocenters. The summed E-state index contributed by atoms with van der Waals surface area (Å²) < 4.78 is 0. The number of piperidine rings is 1. The highest BCUT2D eigenvalue weighted by Crippen LogP contribution is 2.30. The monoisotopic (exact) mass is 428 g/mol. The van der Waals surface area contributed by atoms with Crippen molar-refractivity contribution in [2.24, 2.45) is 0 Å². The lowest BCUT2D eigenvalue weighted by molar-refractivity contribution is -0.383. The molecular weight excluding hydrogens is 396 g/mol. The van der Waals surface area contributed by atoms with E-state index in [1.54, 1.807) is 18.3 Å². The predicted octanol–water partition coefficient (Wildman–Crippen LogP) is 3.45. The number of nitrogens with zero attached hydrogens (tertiary/aromatic N) is 3. The molecule has 1 aliphatic heterocycles. The molecule has 0 radical (unpaired) electrons. The number of unbranched alkanes of at least 4 members (excludes halogenated alkanes) is 3. The summed E-state index contributed by atoms with van der Waals surface area (Å²) in [5, 5.41) is 33.9. The Morgan fingerprint density at radius 2 is 2.03 bits per heavy atom. The van der Waals surface area contributed by atoms with E-state index < -0.39 is 0 Å². The van der Waals surface area contributed by atoms with Gasteiger partial charge in [-0.1, -0.05) is 25.0 Å². The van der Waals surface area contributed by atoms with Crippen LogP contribution in [0.3, 0.4) is 0 Å². The second-order valence-electron chi connectivity index (χ2n) is 8.10. The van der Waals surface area contributed by atoms with Crippen molar-refractivity contribution in [2.45, 2.75) is 50.7 Å². The van der Waals surface area contributed by atoms with Gasteiger partial charge in [-0.25, -0.2) is 0 Å². The Hall–Kier alpha value is -2.55. The van der Waals surface area contributed by atoms with Crippen LogP contribution in [0.15, 0.2) is 42.6 Å². The highest BCUT2D eigenvalue weighted by molar-refractivity contribution is 5.71. The van der Waals surface area contributed by atoms with Crippen LogP contribution < -0.4 is 5.32 Å². The number of benzene rings is 1. The number of rotatable bonds is 11. The van der Waals surface area contributed by atoms with E-state index in [1.165, 1.54) is 0 Å². The van der Waals surface area contributed by atoms with E-state index in [0.29, 0.717) is 24.3 Å². The molecule has 0 aliphatic carbocycles. The van der Waals surface area contributed by atoms with Gasteiger partial charge >= 0.3 is 0 Å². The summed E-state index contributed by atoms with van der Waals surface area (Å²) in [6.07, 6.45) is 6.89. The summed E-state index contributed by atoms with van der Waals surface area (Å²) in [6, 6.07) is 10.8. The number of hydrogen-bond acceptors (Lipinski definition) is 7. The molecule has 0 amide bonds. The van der Waals surface area contributed by atoms with E-state index in [9.17, 15) is 20.3 Å². The van der Waals surface area contributed by atoms with Crippen LogP contribution >= 0.6 is 0 Å². The molecule has 0 bridgehead atoms. The SMILES string of the molecule is O=[N+]([O-])c1cc(-c2ccccn2)ccc1NCCCCCCN1CCC(O)CC1CO. The second kappa shape index (κ2) is 11.7. The summed E-state index contributed by atoms with van der Waals surface area (Å²) >= 11 is 0. The molecule has 1 fully saturated rings. The van der Waals surface area contributed by atoms with Gasteiger partial charge in [0, 0.05) is 37.0 Å². The summed E-state index contributed by atoms with van der Waals surface area (Å²) in [6.45, 7) is 2.55. The number of pyridine rings is 1. The number of aliphatic hydroxyl groups is 2. The molecule has 2 aromatic rings. The largest absolute Gasteiger partial charge is 0.395 e. The molecule has 3 rings (SSSR count). The lowest BCUT2D eigenvalue weighted by Crippen LogP contribution is -2.46. The van der Waals surface area contributed by atoms with Crippen LogP contribution in [0.4, 0.5) is 11.4 Å². The summed E-state index contributed by atoms with van der Waals surface area (Å²) in [5.41, 5.74) is 2.03. The van der Waals surface area contributed by atoms with Crippen molar-refractivity contribution in [2.75, 3.05) is 31.6 Å². The van der Waals surface area contributed by atoms with Crippen LogP contribution in [0.1, 0.15) is 38.5 Å². The Morgan fingerprint density at radius 3 is 2.77 bits per heavy atom. The fraction of sp³-hybridized carbons (Fsp3) is 0.522. The molecule has 168 valence electrons. The summed E-state index contributed by atoms with van der Waals surface area (Å²) in [4.78, 5) is 17.7. The van der Waals surface area contributed by atoms with Crippen LogP contribution in [0.25, 0.3) is 11.3 Å². The Labute approximate surface area is 183 Å². The van der Waals surface area contributed by atoms with Gasteiger partial charge in [-0.05, 0) is 50.4 Å². The fourth-order valence-electron chi connectivity index (χ4n) is 4.10. The maximum absolute atomic E-state index is 11.5. The first kappa shape index (κ1) is 23.1. The maximum atomic E-state index is 11.5. The Morgan fingerprint density at radius 1 is 1.19 bits per heavy atom. The number of nitro benzene ring substituents is 1. The van der Waals surface area contributed by atoms with Crippen LogP contribution in [0.2, 0.25) is 0 Å². The molecule has 8 nitrogen and oxygen atoms in total. The molecule has 1 saturated heterocycles.